The van der Waals surface area contributed by atoms with E-state index in [0.717, 1.165) is 42.1 Å². The first kappa shape index (κ1) is 19.6. The second-order valence-corrected chi connectivity index (χ2v) is 9.13. The van der Waals surface area contributed by atoms with Crippen molar-refractivity contribution in [1.82, 2.24) is 14.7 Å². The highest BCUT2D eigenvalue weighted by molar-refractivity contribution is 5.80. The molecule has 1 atom stereocenters. The number of hydrogen-bond acceptors (Lipinski definition) is 4. The number of carbonyl (C=O) groups is 1. The van der Waals surface area contributed by atoms with Gasteiger partial charge in [-0.2, -0.15) is 10.4 Å². The first-order chi connectivity index (χ1) is 15.0. The minimum atomic E-state index is -0.564. The highest BCUT2D eigenvalue weighted by Gasteiger charge is 2.51. The predicted octanol–water partition coefficient (Wildman–Crippen LogP) is 5.36. The van der Waals surface area contributed by atoms with Crippen molar-refractivity contribution in [3.8, 4) is 6.07 Å². The van der Waals surface area contributed by atoms with Crippen molar-refractivity contribution < 1.29 is 9.53 Å². The van der Waals surface area contributed by atoms with Gasteiger partial charge in [0.15, 0.2) is 0 Å². The zero-order valence-electron chi connectivity index (χ0n) is 17.9. The summed E-state index contributed by atoms with van der Waals surface area (Å²) < 4.78 is 7.89. The second kappa shape index (κ2) is 7.42. The molecule has 2 aliphatic rings. The van der Waals surface area contributed by atoms with Gasteiger partial charge in [-0.1, -0.05) is 30.3 Å². The van der Waals surface area contributed by atoms with Gasteiger partial charge in [0.25, 0.3) is 0 Å². The van der Waals surface area contributed by atoms with E-state index in [9.17, 15) is 4.79 Å². The van der Waals surface area contributed by atoms with Gasteiger partial charge in [-0.15, -0.1) is 0 Å². The van der Waals surface area contributed by atoms with E-state index in [1.165, 1.54) is 0 Å². The van der Waals surface area contributed by atoms with Crippen molar-refractivity contribution in [1.29, 1.82) is 5.26 Å². The average Bonchev–Trinajstić information content (AvgIpc) is 3.30. The molecular formula is C25H26N4O2. The molecule has 6 nitrogen and oxygen atoms in total. The van der Waals surface area contributed by atoms with E-state index in [4.69, 9.17) is 10.00 Å². The molecule has 1 aromatic heterocycles. The Morgan fingerprint density at radius 1 is 1.06 bits per heavy atom. The van der Waals surface area contributed by atoms with Crippen molar-refractivity contribution in [2.45, 2.75) is 63.3 Å². The van der Waals surface area contributed by atoms with Crippen LogP contribution < -0.4 is 0 Å². The molecule has 0 N–H and O–H groups in total. The summed E-state index contributed by atoms with van der Waals surface area (Å²) >= 11 is 0. The zero-order chi connectivity index (χ0) is 21.6. The van der Waals surface area contributed by atoms with Crippen LogP contribution >= 0.6 is 0 Å². The molecule has 0 radical (unpaired) electrons. The Bertz CT molecular complexity index is 1150. The number of benzene rings is 2. The van der Waals surface area contributed by atoms with Crippen LogP contribution in [0.4, 0.5) is 4.79 Å². The normalized spacial score (nSPS) is 25.4. The van der Waals surface area contributed by atoms with Gasteiger partial charge in [0, 0.05) is 11.4 Å². The van der Waals surface area contributed by atoms with Crippen LogP contribution in [0.25, 0.3) is 10.9 Å². The Morgan fingerprint density at radius 3 is 2.48 bits per heavy atom. The standard InChI is InChI=1S/C25H26N4O2/c1-25(2)23(18-6-4-3-5-7-18)28(24(30)31-25)20-9-11-21(12-10-20)29-22-13-8-17(15-26)14-19(22)16-27-29/h3-8,13-14,16,20-21,23H,9-12H2,1-2H3/t20?,21?,23-/m1/s1. The number of cyclic esters (lactones) is 1. The average molecular weight is 415 g/mol. The van der Waals surface area contributed by atoms with Crippen molar-refractivity contribution in [3.05, 3.63) is 65.9 Å². The van der Waals surface area contributed by atoms with E-state index < -0.39 is 5.60 Å². The predicted molar refractivity (Wildman–Crippen MR) is 117 cm³/mol. The van der Waals surface area contributed by atoms with Crippen LogP contribution in [0.3, 0.4) is 0 Å². The van der Waals surface area contributed by atoms with E-state index in [1.54, 1.807) is 0 Å². The molecule has 1 saturated carbocycles. The van der Waals surface area contributed by atoms with Crippen molar-refractivity contribution in [2.75, 3.05) is 0 Å². The van der Waals surface area contributed by atoms with Gasteiger partial charge in [-0.25, -0.2) is 4.79 Å². The lowest BCUT2D eigenvalue weighted by molar-refractivity contribution is 0.0661. The monoisotopic (exact) mass is 414 g/mol. The number of amides is 1. The molecule has 6 heteroatoms. The number of ether oxygens (including phenoxy) is 1. The van der Waals surface area contributed by atoms with Crippen LogP contribution in [0.2, 0.25) is 0 Å². The number of aromatic nitrogens is 2. The SMILES string of the molecule is CC1(C)OC(=O)N(C2CCC(n3ncc4cc(C#N)ccc43)CC2)[C@@H]1c1ccccc1. The maximum Gasteiger partial charge on any atom is 0.411 e. The largest absolute Gasteiger partial charge is 0.441 e. The molecule has 1 aliphatic heterocycles. The van der Waals surface area contributed by atoms with E-state index in [1.807, 2.05) is 61.3 Å². The molecule has 1 saturated heterocycles. The summed E-state index contributed by atoms with van der Waals surface area (Å²) in [6.07, 6.45) is 5.36. The third-order valence-electron chi connectivity index (χ3n) is 6.74. The summed E-state index contributed by atoms with van der Waals surface area (Å²) in [5.74, 6) is 0. The van der Waals surface area contributed by atoms with Crippen LogP contribution in [0.15, 0.2) is 54.7 Å². The lowest BCUT2D eigenvalue weighted by Crippen LogP contribution is -2.42. The fourth-order valence-electron chi connectivity index (χ4n) is 5.33. The summed E-state index contributed by atoms with van der Waals surface area (Å²) in [4.78, 5) is 14.9. The quantitative estimate of drug-likeness (QED) is 0.578. The Morgan fingerprint density at radius 2 is 1.77 bits per heavy atom. The smallest absolute Gasteiger partial charge is 0.411 e. The van der Waals surface area contributed by atoms with Gasteiger partial charge in [0.1, 0.15) is 5.60 Å². The molecule has 0 bridgehead atoms. The molecule has 0 unspecified atom stereocenters. The molecule has 1 aliphatic carbocycles. The van der Waals surface area contributed by atoms with Crippen LogP contribution in [-0.4, -0.2) is 32.4 Å². The lowest BCUT2D eigenvalue weighted by Gasteiger charge is -2.38. The van der Waals surface area contributed by atoms with Crippen molar-refractivity contribution in [2.24, 2.45) is 0 Å². The number of nitriles is 1. The fourth-order valence-corrected chi connectivity index (χ4v) is 5.33. The molecule has 0 spiro atoms. The minimum Gasteiger partial charge on any atom is -0.441 e. The molecule has 158 valence electrons. The fraction of sp³-hybridized carbons (Fsp3) is 0.400. The number of carbonyl (C=O) groups excluding carboxylic acids is 1. The van der Waals surface area contributed by atoms with Gasteiger partial charge in [-0.05, 0) is 63.3 Å². The number of nitrogens with zero attached hydrogens (tertiary/aromatic N) is 4. The highest BCUT2D eigenvalue weighted by Crippen LogP contribution is 2.45. The third kappa shape index (κ3) is 3.34. The van der Waals surface area contributed by atoms with E-state index >= 15 is 0 Å². The summed E-state index contributed by atoms with van der Waals surface area (Å²) in [6.45, 7) is 4.00. The van der Waals surface area contributed by atoms with Gasteiger partial charge in [0.05, 0.1) is 35.4 Å². The molecule has 2 aromatic carbocycles. The number of hydrogen-bond donors (Lipinski definition) is 0. The van der Waals surface area contributed by atoms with Gasteiger partial charge >= 0.3 is 6.09 Å². The molecule has 5 rings (SSSR count). The zero-order valence-corrected chi connectivity index (χ0v) is 17.9. The van der Waals surface area contributed by atoms with E-state index in [0.29, 0.717) is 11.6 Å². The van der Waals surface area contributed by atoms with Crippen LogP contribution in [0.1, 0.15) is 62.7 Å². The van der Waals surface area contributed by atoms with Gasteiger partial charge in [0.2, 0.25) is 0 Å². The first-order valence-electron chi connectivity index (χ1n) is 10.9. The van der Waals surface area contributed by atoms with Crippen LogP contribution in [0, 0.1) is 11.3 Å². The second-order valence-electron chi connectivity index (χ2n) is 9.13. The van der Waals surface area contributed by atoms with Crippen molar-refractivity contribution >= 4 is 17.0 Å². The van der Waals surface area contributed by atoms with E-state index in [-0.39, 0.29) is 18.2 Å². The van der Waals surface area contributed by atoms with Crippen LogP contribution in [-0.2, 0) is 4.74 Å². The van der Waals surface area contributed by atoms with Crippen LogP contribution in [0.5, 0.6) is 0 Å². The lowest BCUT2D eigenvalue weighted by atomic mass is 9.86. The summed E-state index contributed by atoms with van der Waals surface area (Å²) in [6, 6.07) is 18.5. The van der Waals surface area contributed by atoms with Gasteiger partial charge in [-0.3, -0.25) is 9.58 Å². The molecule has 31 heavy (non-hydrogen) atoms. The first-order valence-corrected chi connectivity index (χ1v) is 10.9. The summed E-state index contributed by atoms with van der Waals surface area (Å²) in [7, 11) is 0. The molecule has 3 aromatic rings. The maximum absolute atomic E-state index is 12.9. The Hall–Kier alpha value is -3.33. The van der Waals surface area contributed by atoms with E-state index in [2.05, 4.69) is 28.0 Å². The van der Waals surface area contributed by atoms with Gasteiger partial charge < -0.3 is 4.74 Å². The molecule has 1 amide bonds. The highest BCUT2D eigenvalue weighted by atomic mass is 16.6. The number of fused-ring (bicyclic) bond motifs is 1. The van der Waals surface area contributed by atoms with Crippen molar-refractivity contribution in [3.63, 3.8) is 0 Å². The number of rotatable bonds is 3. The molecular weight excluding hydrogens is 388 g/mol. The third-order valence-corrected chi connectivity index (χ3v) is 6.74. The Labute approximate surface area is 182 Å². The topological polar surface area (TPSA) is 71.2 Å². The Balaban J connectivity index is 1.36. The summed E-state index contributed by atoms with van der Waals surface area (Å²) in [5, 5.41) is 14.7. The maximum atomic E-state index is 12.9. The Kier molecular flexibility index (Phi) is 4.70. The minimum absolute atomic E-state index is 0.0855. The molecule has 2 fully saturated rings. The molecule has 2 heterocycles. The summed E-state index contributed by atoms with van der Waals surface area (Å²) in [5.41, 5.74) is 2.27.